The van der Waals surface area contributed by atoms with E-state index in [2.05, 4.69) is 4.90 Å². The number of ether oxygens (including phenoxy) is 3. The summed E-state index contributed by atoms with van der Waals surface area (Å²) in [4.78, 5) is 2.44. The lowest BCUT2D eigenvalue weighted by Crippen LogP contribution is -2.47. The van der Waals surface area contributed by atoms with Crippen molar-refractivity contribution in [1.29, 1.82) is 0 Å². The summed E-state index contributed by atoms with van der Waals surface area (Å²) in [6.07, 6.45) is 4.64. The van der Waals surface area contributed by atoms with Gasteiger partial charge in [0.1, 0.15) is 0 Å². The second-order valence-corrected chi connectivity index (χ2v) is 6.33. The molecule has 0 unspecified atom stereocenters. The highest BCUT2D eigenvalue weighted by Gasteiger charge is 2.30. The Hall–Kier alpha value is -1.17. The highest BCUT2D eigenvalue weighted by atomic mass is 19.1. The molecule has 0 amide bonds. The van der Waals surface area contributed by atoms with Crippen LogP contribution in [0.3, 0.4) is 0 Å². The molecular weight excluding hydrogens is 297 g/mol. The largest absolute Gasteiger partial charge is 0.494 e. The molecule has 3 rings (SSSR count). The molecule has 23 heavy (non-hydrogen) atoms. The number of nitrogens with zero attached hydrogens (tertiary/aromatic N) is 1. The molecule has 0 N–H and O–H groups in total. The van der Waals surface area contributed by atoms with Crippen molar-refractivity contribution in [1.82, 2.24) is 4.90 Å². The van der Waals surface area contributed by atoms with Crippen molar-refractivity contribution in [3.63, 3.8) is 0 Å². The van der Waals surface area contributed by atoms with E-state index >= 15 is 0 Å². The zero-order valence-corrected chi connectivity index (χ0v) is 13.8. The first-order valence-electron chi connectivity index (χ1n) is 8.54. The molecule has 0 bridgehead atoms. The highest BCUT2D eigenvalue weighted by Crippen LogP contribution is 2.22. The van der Waals surface area contributed by atoms with Crippen LogP contribution in [-0.4, -0.2) is 57.1 Å². The predicted molar refractivity (Wildman–Crippen MR) is 86.4 cm³/mol. The van der Waals surface area contributed by atoms with Crippen LogP contribution in [0.2, 0.25) is 0 Å². The van der Waals surface area contributed by atoms with Gasteiger partial charge in [-0.3, -0.25) is 4.90 Å². The molecule has 128 valence electrons. The maximum absolute atomic E-state index is 13.7. The monoisotopic (exact) mass is 323 g/mol. The first kappa shape index (κ1) is 16.7. The number of hydrogen-bond acceptors (Lipinski definition) is 4. The first-order valence-corrected chi connectivity index (χ1v) is 8.54. The van der Waals surface area contributed by atoms with Crippen LogP contribution in [0.5, 0.6) is 5.75 Å². The smallest absolute Gasteiger partial charge is 0.165 e. The fraction of sp³-hybridized carbons (Fsp3) is 0.667. The Bertz CT molecular complexity index is 505. The summed E-state index contributed by atoms with van der Waals surface area (Å²) in [5, 5.41) is 0. The van der Waals surface area contributed by atoms with Crippen LogP contribution in [0.4, 0.5) is 4.39 Å². The van der Waals surface area contributed by atoms with Gasteiger partial charge in [-0.05, 0) is 49.9 Å². The normalized spacial score (nSPS) is 25.7. The summed E-state index contributed by atoms with van der Waals surface area (Å²) in [7, 11) is 1.49. The SMILES string of the molecule is COc1ccc(CCCN2CCO[C@H]([C@H]3CCCO3)C2)cc1F. The molecule has 0 aromatic heterocycles. The predicted octanol–water partition coefficient (Wildman–Crippen LogP) is 2.65. The van der Waals surface area contributed by atoms with Crippen molar-refractivity contribution in [3.8, 4) is 5.75 Å². The maximum Gasteiger partial charge on any atom is 0.165 e. The van der Waals surface area contributed by atoms with Crippen LogP contribution in [0.1, 0.15) is 24.8 Å². The number of halogens is 1. The van der Waals surface area contributed by atoms with Crippen molar-refractivity contribution in [2.24, 2.45) is 0 Å². The Morgan fingerprint density at radius 2 is 2.13 bits per heavy atom. The Balaban J connectivity index is 1.43. The van der Waals surface area contributed by atoms with Gasteiger partial charge < -0.3 is 14.2 Å². The van der Waals surface area contributed by atoms with E-state index in [0.717, 1.165) is 64.1 Å². The summed E-state index contributed by atoms with van der Waals surface area (Å²) >= 11 is 0. The van der Waals surface area contributed by atoms with E-state index in [4.69, 9.17) is 14.2 Å². The number of methoxy groups -OCH3 is 1. The molecule has 0 spiro atoms. The van der Waals surface area contributed by atoms with Gasteiger partial charge in [0, 0.05) is 19.7 Å². The van der Waals surface area contributed by atoms with Gasteiger partial charge in [0.05, 0.1) is 25.9 Å². The third-order valence-electron chi connectivity index (χ3n) is 4.71. The highest BCUT2D eigenvalue weighted by molar-refractivity contribution is 5.29. The van der Waals surface area contributed by atoms with Crippen molar-refractivity contribution >= 4 is 0 Å². The van der Waals surface area contributed by atoms with Gasteiger partial charge >= 0.3 is 0 Å². The van der Waals surface area contributed by atoms with Gasteiger partial charge in [0.25, 0.3) is 0 Å². The van der Waals surface area contributed by atoms with Gasteiger partial charge in [-0.25, -0.2) is 4.39 Å². The van der Waals surface area contributed by atoms with Crippen molar-refractivity contribution in [2.75, 3.05) is 40.0 Å². The molecular formula is C18H26FNO3. The first-order chi connectivity index (χ1) is 11.3. The molecule has 2 aliphatic heterocycles. The molecule has 2 heterocycles. The van der Waals surface area contributed by atoms with Crippen LogP contribution in [0.25, 0.3) is 0 Å². The van der Waals surface area contributed by atoms with E-state index in [0.29, 0.717) is 5.75 Å². The molecule has 0 radical (unpaired) electrons. The molecule has 4 nitrogen and oxygen atoms in total. The second-order valence-electron chi connectivity index (χ2n) is 6.33. The quantitative estimate of drug-likeness (QED) is 0.805. The topological polar surface area (TPSA) is 30.9 Å². The van der Waals surface area contributed by atoms with Gasteiger partial charge in [-0.15, -0.1) is 0 Å². The van der Waals surface area contributed by atoms with Gasteiger partial charge in [-0.2, -0.15) is 0 Å². The average Bonchev–Trinajstić information content (AvgIpc) is 3.10. The molecule has 2 saturated heterocycles. The van der Waals surface area contributed by atoms with E-state index < -0.39 is 0 Å². The van der Waals surface area contributed by atoms with Gasteiger partial charge in [0.2, 0.25) is 0 Å². The summed E-state index contributed by atoms with van der Waals surface area (Å²) in [5.41, 5.74) is 1.02. The molecule has 0 saturated carbocycles. The number of aryl methyl sites for hydroxylation is 1. The molecule has 1 aromatic carbocycles. The zero-order valence-electron chi connectivity index (χ0n) is 13.8. The van der Waals surface area contributed by atoms with Crippen molar-refractivity contribution in [3.05, 3.63) is 29.6 Å². The molecule has 0 aliphatic carbocycles. The number of morpholine rings is 1. The lowest BCUT2D eigenvalue weighted by Gasteiger charge is -2.35. The average molecular weight is 323 g/mol. The van der Waals surface area contributed by atoms with Crippen molar-refractivity contribution in [2.45, 2.75) is 37.9 Å². The van der Waals surface area contributed by atoms with Crippen LogP contribution >= 0.6 is 0 Å². The van der Waals surface area contributed by atoms with Gasteiger partial charge in [0.15, 0.2) is 11.6 Å². The van der Waals surface area contributed by atoms with E-state index in [1.807, 2.05) is 6.07 Å². The zero-order chi connectivity index (χ0) is 16.1. The summed E-state index contributed by atoms with van der Waals surface area (Å²) in [6.45, 7) is 4.58. The van der Waals surface area contributed by atoms with Crippen LogP contribution in [-0.2, 0) is 15.9 Å². The lowest BCUT2D eigenvalue weighted by atomic mass is 10.1. The van der Waals surface area contributed by atoms with E-state index in [1.54, 1.807) is 12.1 Å². The van der Waals surface area contributed by atoms with Crippen LogP contribution in [0, 0.1) is 5.82 Å². The summed E-state index contributed by atoms with van der Waals surface area (Å²) in [5.74, 6) is 0.0242. The summed E-state index contributed by atoms with van der Waals surface area (Å²) in [6, 6.07) is 5.22. The minimum Gasteiger partial charge on any atom is -0.494 e. The Morgan fingerprint density at radius 1 is 1.26 bits per heavy atom. The van der Waals surface area contributed by atoms with E-state index in [-0.39, 0.29) is 18.0 Å². The van der Waals surface area contributed by atoms with Crippen LogP contribution < -0.4 is 4.74 Å². The Kier molecular flexibility index (Phi) is 5.86. The minimum atomic E-state index is -0.283. The number of hydrogen-bond donors (Lipinski definition) is 0. The third kappa shape index (κ3) is 4.43. The fourth-order valence-electron chi connectivity index (χ4n) is 3.43. The van der Waals surface area contributed by atoms with Gasteiger partial charge in [-0.1, -0.05) is 6.07 Å². The standard InChI is InChI=1S/C18H26FNO3/c1-21-16-7-6-14(12-15(16)19)4-2-8-20-9-11-23-18(13-20)17-5-3-10-22-17/h6-7,12,17-18H,2-5,8-11,13H2,1H3/t17-,18+/m1/s1. The van der Waals surface area contributed by atoms with E-state index in [1.165, 1.54) is 7.11 Å². The Labute approximate surface area is 137 Å². The minimum absolute atomic E-state index is 0.213. The third-order valence-corrected chi connectivity index (χ3v) is 4.71. The van der Waals surface area contributed by atoms with Crippen LogP contribution in [0.15, 0.2) is 18.2 Å². The second kappa shape index (κ2) is 8.08. The maximum atomic E-state index is 13.7. The van der Waals surface area contributed by atoms with E-state index in [9.17, 15) is 4.39 Å². The lowest BCUT2D eigenvalue weighted by molar-refractivity contribution is -0.0942. The molecule has 2 fully saturated rings. The Morgan fingerprint density at radius 3 is 2.87 bits per heavy atom. The summed E-state index contributed by atoms with van der Waals surface area (Å²) < 4.78 is 30.3. The van der Waals surface area contributed by atoms with Crippen molar-refractivity contribution < 1.29 is 18.6 Å². The molecule has 5 heteroatoms. The fourth-order valence-corrected chi connectivity index (χ4v) is 3.43. The molecule has 1 aromatic rings. The number of benzene rings is 1. The number of rotatable bonds is 6. The molecule has 2 aliphatic rings. The molecule has 2 atom stereocenters.